The Labute approximate surface area is 123 Å². The zero-order valence-electron chi connectivity index (χ0n) is 10.3. The molecular formula is C14H11FIN3. The van der Waals surface area contributed by atoms with Gasteiger partial charge in [-0.3, -0.25) is 0 Å². The van der Waals surface area contributed by atoms with Crippen molar-refractivity contribution in [2.24, 2.45) is 0 Å². The lowest BCUT2D eigenvalue weighted by molar-refractivity contribution is 0.626. The normalized spacial score (nSPS) is 11.1. The molecule has 96 valence electrons. The van der Waals surface area contributed by atoms with Gasteiger partial charge in [-0.05, 0) is 53.3 Å². The number of rotatable bonds is 2. The molecule has 0 atom stereocenters. The fraction of sp³-hybridized carbons (Fsp3) is 0.143. The lowest BCUT2D eigenvalue weighted by atomic mass is 10.2. The molecule has 2 heterocycles. The third kappa shape index (κ3) is 2.47. The van der Waals surface area contributed by atoms with Crippen molar-refractivity contribution in [1.82, 2.24) is 14.5 Å². The van der Waals surface area contributed by atoms with Crippen LogP contribution in [0.5, 0.6) is 0 Å². The second-order valence-corrected chi connectivity index (χ2v) is 5.61. The SMILES string of the molecule is Cc1nc2ncc(I)cc2n1Cc1ccc(F)cc1. The van der Waals surface area contributed by atoms with Crippen LogP contribution in [0.25, 0.3) is 11.2 Å². The minimum atomic E-state index is -0.216. The summed E-state index contributed by atoms with van der Waals surface area (Å²) in [6, 6.07) is 8.61. The number of imidazole rings is 1. The van der Waals surface area contributed by atoms with Crippen molar-refractivity contribution in [1.29, 1.82) is 0 Å². The average Bonchev–Trinajstić information content (AvgIpc) is 2.69. The quantitative estimate of drug-likeness (QED) is 0.649. The van der Waals surface area contributed by atoms with Gasteiger partial charge in [0.05, 0.1) is 5.52 Å². The zero-order valence-corrected chi connectivity index (χ0v) is 12.4. The van der Waals surface area contributed by atoms with Crippen LogP contribution >= 0.6 is 22.6 Å². The predicted molar refractivity (Wildman–Crippen MR) is 80.5 cm³/mol. The summed E-state index contributed by atoms with van der Waals surface area (Å²) in [6.07, 6.45) is 1.80. The van der Waals surface area contributed by atoms with Gasteiger partial charge in [0.25, 0.3) is 0 Å². The zero-order chi connectivity index (χ0) is 13.4. The van der Waals surface area contributed by atoms with Crippen LogP contribution < -0.4 is 0 Å². The Morgan fingerprint density at radius 1 is 1.26 bits per heavy atom. The van der Waals surface area contributed by atoms with Crippen LogP contribution in [-0.4, -0.2) is 14.5 Å². The molecule has 0 radical (unpaired) electrons. The molecule has 0 fully saturated rings. The van der Waals surface area contributed by atoms with E-state index in [-0.39, 0.29) is 5.82 Å². The van der Waals surface area contributed by atoms with Crippen LogP contribution in [0.15, 0.2) is 36.5 Å². The fourth-order valence-electron chi connectivity index (χ4n) is 2.07. The van der Waals surface area contributed by atoms with E-state index in [9.17, 15) is 4.39 Å². The lowest BCUT2D eigenvalue weighted by Crippen LogP contribution is -2.02. The molecule has 0 unspecified atom stereocenters. The van der Waals surface area contributed by atoms with E-state index in [0.29, 0.717) is 6.54 Å². The van der Waals surface area contributed by atoms with Crippen molar-refractivity contribution in [2.45, 2.75) is 13.5 Å². The van der Waals surface area contributed by atoms with Gasteiger partial charge in [0.2, 0.25) is 0 Å². The summed E-state index contributed by atoms with van der Waals surface area (Å²) >= 11 is 2.24. The number of hydrogen-bond donors (Lipinski definition) is 0. The predicted octanol–water partition coefficient (Wildman–Crippen LogP) is 3.53. The highest BCUT2D eigenvalue weighted by atomic mass is 127. The molecule has 1 aromatic carbocycles. The van der Waals surface area contributed by atoms with Gasteiger partial charge in [-0.15, -0.1) is 0 Å². The molecule has 0 bridgehead atoms. The van der Waals surface area contributed by atoms with Crippen LogP contribution in [0.2, 0.25) is 0 Å². The molecular weight excluding hydrogens is 356 g/mol. The summed E-state index contributed by atoms with van der Waals surface area (Å²) in [5, 5.41) is 0. The Kier molecular flexibility index (Phi) is 3.22. The van der Waals surface area contributed by atoms with E-state index in [2.05, 4.69) is 43.2 Å². The van der Waals surface area contributed by atoms with Gasteiger partial charge in [-0.2, -0.15) is 0 Å². The third-order valence-corrected chi connectivity index (χ3v) is 3.61. The number of nitrogens with zero attached hydrogens (tertiary/aromatic N) is 3. The number of fused-ring (bicyclic) bond motifs is 1. The summed E-state index contributed by atoms with van der Waals surface area (Å²) in [4.78, 5) is 8.76. The van der Waals surface area contributed by atoms with Gasteiger partial charge >= 0.3 is 0 Å². The topological polar surface area (TPSA) is 30.7 Å². The number of halogens is 2. The summed E-state index contributed by atoms with van der Waals surface area (Å²) in [6.45, 7) is 2.63. The molecule has 3 nitrogen and oxygen atoms in total. The Bertz CT molecular complexity index is 734. The first kappa shape index (κ1) is 12.5. The highest BCUT2D eigenvalue weighted by Gasteiger charge is 2.09. The fourth-order valence-corrected chi connectivity index (χ4v) is 2.50. The summed E-state index contributed by atoms with van der Waals surface area (Å²) in [7, 11) is 0. The monoisotopic (exact) mass is 367 g/mol. The van der Waals surface area contributed by atoms with Gasteiger partial charge in [0.15, 0.2) is 5.65 Å². The van der Waals surface area contributed by atoms with E-state index in [1.165, 1.54) is 12.1 Å². The third-order valence-electron chi connectivity index (χ3n) is 3.02. The van der Waals surface area contributed by atoms with Gasteiger partial charge in [0.1, 0.15) is 11.6 Å². The number of pyridine rings is 1. The summed E-state index contributed by atoms with van der Waals surface area (Å²) in [5.41, 5.74) is 2.80. The molecule has 0 saturated carbocycles. The average molecular weight is 367 g/mol. The minimum Gasteiger partial charge on any atom is -0.322 e. The summed E-state index contributed by atoms with van der Waals surface area (Å²) < 4.78 is 16.1. The van der Waals surface area contributed by atoms with E-state index in [1.54, 1.807) is 18.3 Å². The minimum absolute atomic E-state index is 0.216. The van der Waals surface area contributed by atoms with Crippen LogP contribution in [-0.2, 0) is 6.54 Å². The summed E-state index contributed by atoms with van der Waals surface area (Å²) in [5.74, 6) is 0.695. The molecule has 19 heavy (non-hydrogen) atoms. The first-order valence-corrected chi connectivity index (χ1v) is 6.94. The van der Waals surface area contributed by atoms with Gasteiger partial charge in [-0.25, -0.2) is 14.4 Å². The molecule has 5 heteroatoms. The van der Waals surface area contributed by atoms with Crippen LogP contribution in [0.4, 0.5) is 4.39 Å². The molecule has 0 N–H and O–H groups in total. The number of hydrogen-bond acceptors (Lipinski definition) is 2. The molecule has 3 rings (SSSR count). The number of benzene rings is 1. The van der Waals surface area contributed by atoms with Crippen molar-refractivity contribution in [2.75, 3.05) is 0 Å². The van der Waals surface area contributed by atoms with Crippen LogP contribution in [0, 0.1) is 16.3 Å². The number of aryl methyl sites for hydroxylation is 1. The Hall–Kier alpha value is -1.50. The second-order valence-electron chi connectivity index (χ2n) is 4.37. The Balaban J connectivity index is 2.06. The van der Waals surface area contributed by atoms with Crippen molar-refractivity contribution in [3.8, 4) is 0 Å². The van der Waals surface area contributed by atoms with E-state index in [1.807, 2.05) is 6.92 Å². The smallest absolute Gasteiger partial charge is 0.177 e. The van der Waals surface area contributed by atoms with Crippen LogP contribution in [0.1, 0.15) is 11.4 Å². The molecule has 0 aliphatic carbocycles. The van der Waals surface area contributed by atoms with E-state index in [0.717, 1.165) is 26.1 Å². The number of aromatic nitrogens is 3. The Morgan fingerprint density at radius 3 is 2.74 bits per heavy atom. The molecule has 2 aromatic heterocycles. The maximum Gasteiger partial charge on any atom is 0.177 e. The van der Waals surface area contributed by atoms with Crippen molar-refractivity contribution in [3.05, 3.63) is 57.3 Å². The van der Waals surface area contributed by atoms with E-state index >= 15 is 0 Å². The lowest BCUT2D eigenvalue weighted by Gasteiger charge is -2.07. The van der Waals surface area contributed by atoms with Gasteiger partial charge in [-0.1, -0.05) is 12.1 Å². The van der Waals surface area contributed by atoms with Gasteiger partial charge < -0.3 is 4.57 Å². The molecule has 0 aliphatic heterocycles. The van der Waals surface area contributed by atoms with Gasteiger partial charge in [0, 0.05) is 16.3 Å². The van der Waals surface area contributed by atoms with Crippen molar-refractivity contribution < 1.29 is 4.39 Å². The maximum absolute atomic E-state index is 12.9. The largest absolute Gasteiger partial charge is 0.322 e. The molecule has 3 aromatic rings. The van der Waals surface area contributed by atoms with Crippen molar-refractivity contribution in [3.63, 3.8) is 0 Å². The first-order valence-electron chi connectivity index (χ1n) is 5.86. The standard InChI is InChI=1S/C14H11FIN3/c1-9-18-14-13(6-12(16)7-17-14)19(9)8-10-2-4-11(15)5-3-10/h2-7H,8H2,1H3. The molecule has 0 saturated heterocycles. The highest BCUT2D eigenvalue weighted by Crippen LogP contribution is 2.18. The van der Waals surface area contributed by atoms with Crippen molar-refractivity contribution >= 4 is 33.8 Å². The maximum atomic E-state index is 12.9. The van der Waals surface area contributed by atoms with E-state index < -0.39 is 0 Å². The second kappa shape index (κ2) is 4.88. The molecule has 0 spiro atoms. The first-order chi connectivity index (χ1) is 9.13. The van der Waals surface area contributed by atoms with Crippen LogP contribution in [0.3, 0.4) is 0 Å². The molecule has 0 amide bonds. The van der Waals surface area contributed by atoms with E-state index in [4.69, 9.17) is 0 Å². The Morgan fingerprint density at radius 2 is 2.00 bits per heavy atom. The highest BCUT2D eigenvalue weighted by molar-refractivity contribution is 14.1. The molecule has 0 aliphatic rings.